The normalized spacial score (nSPS) is 22.0. The number of halogens is 3. The number of carbonyl (C=O) groups is 1. The third-order valence-corrected chi connectivity index (χ3v) is 6.08. The summed E-state index contributed by atoms with van der Waals surface area (Å²) in [6.45, 7) is 1.22. The number of piperidine rings is 1. The number of likely N-dealkylation sites (tertiary alicyclic amines) is 1. The molecule has 152 valence electrons. The zero-order valence-corrected chi connectivity index (χ0v) is 15.8. The molecule has 0 N–H and O–H groups in total. The van der Waals surface area contributed by atoms with Crippen molar-refractivity contribution in [3.8, 4) is 0 Å². The molecule has 8 heteroatoms. The lowest BCUT2D eigenvalue weighted by atomic mass is 9.86. The fraction of sp³-hybridized carbons (Fsp3) is 0.650. The average Bonchev–Trinajstić information content (AvgIpc) is 3.11. The first-order valence-corrected chi connectivity index (χ1v) is 10.1. The highest BCUT2D eigenvalue weighted by atomic mass is 19.4. The van der Waals surface area contributed by atoms with E-state index in [0.717, 1.165) is 37.9 Å². The number of aromatic nitrogens is 3. The molecule has 2 aliphatic rings. The highest BCUT2D eigenvalue weighted by Crippen LogP contribution is 2.32. The minimum atomic E-state index is -4.41. The van der Waals surface area contributed by atoms with Gasteiger partial charge in [-0.1, -0.05) is 19.3 Å². The van der Waals surface area contributed by atoms with Crippen molar-refractivity contribution in [2.75, 3.05) is 13.1 Å². The highest BCUT2D eigenvalue weighted by Gasteiger charge is 2.33. The van der Waals surface area contributed by atoms with Gasteiger partial charge in [0.05, 0.1) is 5.56 Å². The lowest BCUT2D eigenvalue weighted by Crippen LogP contribution is -2.40. The van der Waals surface area contributed by atoms with Gasteiger partial charge in [-0.25, -0.2) is 0 Å². The number of fused-ring (bicyclic) bond motifs is 1. The second-order valence-electron chi connectivity index (χ2n) is 8.09. The molecule has 0 spiro atoms. The van der Waals surface area contributed by atoms with Crippen LogP contribution in [-0.4, -0.2) is 38.5 Å². The number of amides is 1. The first-order valence-electron chi connectivity index (χ1n) is 10.1. The average molecular weight is 394 g/mol. The maximum Gasteiger partial charge on any atom is 0.417 e. The van der Waals surface area contributed by atoms with Crippen LogP contribution >= 0.6 is 0 Å². The van der Waals surface area contributed by atoms with Crippen LogP contribution in [0.4, 0.5) is 13.2 Å². The Bertz CT molecular complexity index is 842. The van der Waals surface area contributed by atoms with E-state index in [-0.39, 0.29) is 11.8 Å². The van der Waals surface area contributed by atoms with Gasteiger partial charge in [0.2, 0.25) is 5.91 Å². The molecule has 0 radical (unpaired) electrons. The fourth-order valence-electron chi connectivity index (χ4n) is 4.54. The molecular formula is C20H25F3N4O. The maximum absolute atomic E-state index is 13.1. The van der Waals surface area contributed by atoms with Gasteiger partial charge >= 0.3 is 6.18 Å². The number of alkyl halides is 3. The second kappa shape index (κ2) is 7.72. The molecule has 28 heavy (non-hydrogen) atoms. The Morgan fingerprint density at radius 1 is 1.07 bits per heavy atom. The topological polar surface area (TPSA) is 50.5 Å². The van der Waals surface area contributed by atoms with Crippen LogP contribution in [0.3, 0.4) is 0 Å². The Balaban J connectivity index is 1.50. The highest BCUT2D eigenvalue weighted by molar-refractivity contribution is 5.76. The number of hydrogen-bond donors (Lipinski definition) is 0. The van der Waals surface area contributed by atoms with Crippen molar-refractivity contribution in [1.82, 2.24) is 19.5 Å². The minimum absolute atomic E-state index is 0.0949. The molecule has 1 unspecified atom stereocenters. The predicted molar refractivity (Wildman–Crippen MR) is 97.7 cm³/mol. The van der Waals surface area contributed by atoms with Crippen LogP contribution in [-0.2, 0) is 11.0 Å². The number of hydrogen-bond acceptors (Lipinski definition) is 3. The predicted octanol–water partition coefficient (Wildman–Crippen LogP) is 4.42. The van der Waals surface area contributed by atoms with Gasteiger partial charge in [0.1, 0.15) is 5.82 Å². The summed E-state index contributed by atoms with van der Waals surface area (Å²) in [7, 11) is 0. The van der Waals surface area contributed by atoms with E-state index >= 15 is 0 Å². The van der Waals surface area contributed by atoms with Gasteiger partial charge in [-0.3, -0.25) is 9.20 Å². The van der Waals surface area contributed by atoms with Crippen molar-refractivity contribution in [3.63, 3.8) is 0 Å². The third kappa shape index (κ3) is 4.00. The molecule has 5 nitrogen and oxygen atoms in total. The number of carbonyl (C=O) groups excluding carboxylic acids is 1. The van der Waals surface area contributed by atoms with Gasteiger partial charge in [-0.15, -0.1) is 10.2 Å². The van der Waals surface area contributed by atoms with E-state index in [1.54, 1.807) is 0 Å². The lowest BCUT2D eigenvalue weighted by Gasteiger charge is -2.33. The van der Waals surface area contributed by atoms with Crippen LogP contribution in [0.1, 0.15) is 68.7 Å². The van der Waals surface area contributed by atoms with Gasteiger partial charge < -0.3 is 4.90 Å². The van der Waals surface area contributed by atoms with Gasteiger partial charge in [0.15, 0.2) is 5.65 Å². The van der Waals surface area contributed by atoms with E-state index in [0.29, 0.717) is 36.9 Å². The van der Waals surface area contributed by atoms with Crippen molar-refractivity contribution < 1.29 is 18.0 Å². The minimum Gasteiger partial charge on any atom is -0.342 e. The molecule has 3 heterocycles. The van der Waals surface area contributed by atoms with Crippen LogP contribution in [0, 0.1) is 5.92 Å². The Morgan fingerprint density at radius 2 is 1.86 bits per heavy atom. The summed E-state index contributed by atoms with van der Waals surface area (Å²) in [5.41, 5.74) is -0.323. The molecule has 1 aliphatic heterocycles. The number of nitrogens with zero attached hydrogens (tertiary/aromatic N) is 4. The smallest absolute Gasteiger partial charge is 0.342 e. The SMILES string of the molecule is O=C(CC1CCCCC1)N1CCCC(c2nnc3ccc(C(F)(F)F)cn23)C1. The fourth-order valence-corrected chi connectivity index (χ4v) is 4.54. The van der Waals surface area contributed by atoms with Gasteiger partial charge in [0.25, 0.3) is 0 Å². The van der Waals surface area contributed by atoms with E-state index in [2.05, 4.69) is 10.2 Å². The third-order valence-electron chi connectivity index (χ3n) is 6.08. The summed E-state index contributed by atoms with van der Waals surface area (Å²) in [6.07, 6.45) is 4.77. The molecule has 2 fully saturated rings. The monoisotopic (exact) mass is 394 g/mol. The van der Waals surface area contributed by atoms with E-state index < -0.39 is 11.7 Å². The van der Waals surface area contributed by atoms with E-state index in [1.807, 2.05) is 4.90 Å². The van der Waals surface area contributed by atoms with Gasteiger partial charge in [-0.2, -0.15) is 13.2 Å². The second-order valence-corrected chi connectivity index (χ2v) is 8.09. The summed E-state index contributed by atoms with van der Waals surface area (Å²) in [4.78, 5) is 14.6. The molecule has 0 bridgehead atoms. The van der Waals surface area contributed by atoms with Crippen LogP contribution in [0.25, 0.3) is 5.65 Å². The van der Waals surface area contributed by atoms with E-state index in [4.69, 9.17) is 0 Å². The first-order chi connectivity index (χ1) is 13.4. The molecule has 2 aromatic heterocycles. The number of rotatable bonds is 3. The molecule has 0 aromatic carbocycles. The molecular weight excluding hydrogens is 369 g/mol. The van der Waals surface area contributed by atoms with Crippen molar-refractivity contribution in [2.45, 2.75) is 63.5 Å². The summed E-state index contributed by atoms with van der Waals surface area (Å²) in [6, 6.07) is 2.36. The zero-order chi connectivity index (χ0) is 19.7. The standard InChI is InChI=1S/C20H25F3N4O/c21-20(22,23)16-8-9-17-24-25-19(27(17)13-16)15-7-4-10-26(12-15)18(28)11-14-5-2-1-3-6-14/h8-9,13-15H,1-7,10-12H2. The zero-order valence-electron chi connectivity index (χ0n) is 15.8. The van der Waals surface area contributed by atoms with Crippen molar-refractivity contribution in [1.29, 1.82) is 0 Å². The molecule has 2 aromatic rings. The van der Waals surface area contributed by atoms with E-state index in [9.17, 15) is 18.0 Å². The Kier molecular flexibility index (Phi) is 5.29. The lowest BCUT2D eigenvalue weighted by molar-refractivity contribution is -0.138. The number of pyridine rings is 1. The summed E-state index contributed by atoms with van der Waals surface area (Å²) in [5.74, 6) is 1.06. The van der Waals surface area contributed by atoms with Crippen LogP contribution in [0.15, 0.2) is 18.3 Å². The van der Waals surface area contributed by atoms with Crippen molar-refractivity contribution in [3.05, 3.63) is 29.7 Å². The van der Waals surface area contributed by atoms with Crippen LogP contribution < -0.4 is 0 Å². The molecule has 4 rings (SSSR count). The molecule has 1 amide bonds. The Morgan fingerprint density at radius 3 is 2.61 bits per heavy atom. The summed E-state index contributed by atoms with van der Waals surface area (Å²) in [5, 5.41) is 8.18. The molecule has 1 saturated heterocycles. The molecule has 1 atom stereocenters. The van der Waals surface area contributed by atoms with Gasteiger partial charge in [0, 0.05) is 31.6 Å². The summed E-state index contributed by atoms with van der Waals surface area (Å²) < 4.78 is 40.7. The molecule has 1 aliphatic carbocycles. The first kappa shape index (κ1) is 19.2. The van der Waals surface area contributed by atoms with Crippen molar-refractivity contribution in [2.24, 2.45) is 5.92 Å². The quantitative estimate of drug-likeness (QED) is 0.774. The molecule has 1 saturated carbocycles. The largest absolute Gasteiger partial charge is 0.417 e. The van der Waals surface area contributed by atoms with Crippen LogP contribution in [0.2, 0.25) is 0 Å². The van der Waals surface area contributed by atoms with Crippen LogP contribution in [0.5, 0.6) is 0 Å². The van der Waals surface area contributed by atoms with E-state index in [1.165, 1.54) is 29.7 Å². The van der Waals surface area contributed by atoms with Crippen molar-refractivity contribution >= 4 is 11.6 Å². The Hall–Kier alpha value is -2.12. The van der Waals surface area contributed by atoms with Gasteiger partial charge in [-0.05, 0) is 43.7 Å². The summed E-state index contributed by atoms with van der Waals surface area (Å²) >= 11 is 0. The maximum atomic E-state index is 13.1. The Labute approximate surface area is 161 Å².